The fourth-order valence-electron chi connectivity index (χ4n) is 4.40. The third-order valence-corrected chi connectivity index (χ3v) is 6.23. The summed E-state index contributed by atoms with van der Waals surface area (Å²) in [5, 5.41) is 3.92. The average molecular weight is 462 g/mol. The molecule has 0 saturated carbocycles. The predicted octanol–water partition coefficient (Wildman–Crippen LogP) is 4.46. The number of benzene rings is 2. The number of nitrogens with one attached hydrogen (secondary N) is 1. The number of carbonyl (C=O) groups is 2. The molecule has 1 N–H and O–H groups in total. The first-order chi connectivity index (χ1) is 16.5. The summed E-state index contributed by atoms with van der Waals surface area (Å²) in [6.07, 6.45) is 6.88. The Balaban J connectivity index is 1.72. The zero-order chi connectivity index (χ0) is 24.1. The zero-order valence-corrected chi connectivity index (χ0v) is 20.0. The molecule has 0 bridgehead atoms. The Kier molecular flexibility index (Phi) is 7.21. The molecule has 0 radical (unpaired) electrons. The lowest BCUT2D eigenvalue weighted by Crippen LogP contribution is -2.41. The summed E-state index contributed by atoms with van der Waals surface area (Å²) in [5.74, 6) is 0.444. The molecule has 1 fully saturated rings. The molecule has 34 heavy (non-hydrogen) atoms. The molecule has 178 valence electrons. The summed E-state index contributed by atoms with van der Waals surface area (Å²) in [6.45, 7) is 4.28. The van der Waals surface area contributed by atoms with Crippen LogP contribution in [-0.2, 0) is 11.3 Å². The largest absolute Gasteiger partial charge is 0.493 e. The van der Waals surface area contributed by atoms with Gasteiger partial charge in [-0.15, -0.1) is 0 Å². The van der Waals surface area contributed by atoms with E-state index in [1.54, 1.807) is 31.4 Å². The molecule has 1 aliphatic rings. The third-order valence-electron chi connectivity index (χ3n) is 6.23. The van der Waals surface area contributed by atoms with Crippen LogP contribution in [0.1, 0.15) is 42.1 Å². The van der Waals surface area contributed by atoms with E-state index in [0.717, 1.165) is 42.3 Å². The molecule has 0 unspecified atom stereocenters. The number of rotatable bonds is 7. The number of fused-ring (bicyclic) bond motifs is 1. The number of aryl methyl sites for hydroxylation is 1. The quantitative estimate of drug-likeness (QED) is 0.527. The fourth-order valence-corrected chi connectivity index (χ4v) is 4.40. The second-order valence-electron chi connectivity index (χ2n) is 8.32. The number of amides is 2. The van der Waals surface area contributed by atoms with Crippen molar-refractivity contribution in [1.29, 1.82) is 0 Å². The molecular weight excluding hydrogens is 430 g/mol. The Morgan fingerprint density at radius 1 is 1.00 bits per heavy atom. The number of methoxy groups -OCH3 is 2. The highest BCUT2D eigenvalue weighted by atomic mass is 16.5. The van der Waals surface area contributed by atoms with Crippen molar-refractivity contribution < 1.29 is 19.1 Å². The van der Waals surface area contributed by atoms with E-state index in [4.69, 9.17) is 9.47 Å². The molecule has 1 aliphatic heterocycles. The average Bonchev–Trinajstić information content (AvgIpc) is 3.25. The molecule has 7 nitrogen and oxygen atoms in total. The van der Waals surface area contributed by atoms with Crippen LogP contribution in [0, 0.1) is 0 Å². The summed E-state index contributed by atoms with van der Waals surface area (Å²) in [6, 6.07) is 13.0. The molecule has 2 heterocycles. The van der Waals surface area contributed by atoms with Crippen molar-refractivity contribution in [2.45, 2.75) is 32.7 Å². The van der Waals surface area contributed by atoms with Crippen molar-refractivity contribution in [3.05, 3.63) is 65.5 Å². The van der Waals surface area contributed by atoms with Gasteiger partial charge in [-0.2, -0.15) is 0 Å². The lowest BCUT2D eigenvalue weighted by atomic mass is 10.1. The first kappa shape index (κ1) is 23.4. The number of piperidine rings is 1. The summed E-state index contributed by atoms with van der Waals surface area (Å²) in [5.41, 5.74) is 2.63. The van der Waals surface area contributed by atoms with Crippen LogP contribution >= 0.6 is 0 Å². The minimum atomic E-state index is -0.378. The number of para-hydroxylation sites is 1. The number of nitrogens with zero attached hydrogens (tertiary/aromatic N) is 2. The predicted molar refractivity (Wildman–Crippen MR) is 133 cm³/mol. The summed E-state index contributed by atoms with van der Waals surface area (Å²) < 4.78 is 12.7. The molecule has 1 saturated heterocycles. The van der Waals surface area contributed by atoms with Crippen molar-refractivity contribution in [2.75, 3.05) is 27.3 Å². The van der Waals surface area contributed by atoms with Crippen LogP contribution < -0.4 is 14.8 Å². The van der Waals surface area contributed by atoms with Gasteiger partial charge in [0.1, 0.15) is 5.70 Å². The third kappa shape index (κ3) is 4.78. The number of hydrogen-bond donors (Lipinski definition) is 1. The summed E-state index contributed by atoms with van der Waals surface area (Å²) in [4.78, 5) is 28.5. The van der Waals surface area contributed by atoms with Gasteiger partial charge < -0.3 is 24.3 Å². The van der Waals surface area contributed by atoms with Crippen molar-refractivity contribution in [3.63, 3.8) is 0 Å². The molecule has 0 aliphatic carbocycles. The van der Waals surface area contributed by atoms with Gasteiger partial charge in [0.25, 0.3) is 11.8 Å². The molecular formula is C27H31N3O4. The van der Waals surface area contributed by atoms with Gasteiger partial charge in [-0.25, -0.2) is 0 Å². The van der Waals surface area contributed by atoms with Gasteiger partial charge in [0.2, 0.25) is 0 Å². The van der Waals surface area contributed by atoms with Crippen molar-refractivity contribution in [2.24, 2.45) is 0 Å². The molecule has 2 aromatic carbocycles. The molecule has 0 spiro atoms. The molecule has 4 rings (SSSR count). The molecule has 3 aromatic rings. The van der Waals surface area contributed by atoms with Crippen molar-refractivity contribution in [3.8, 4) is 11.5 Å². The molecule has 0 atom stereocenters. The lowest BCUT2D eigenvalue weighted by molar-refractivity contribution is -0.128. The Bertz CT molecular complexity index is 1220. The van der Waals surface area contributed by atoms with Gasteiger partial charge in [0.05, 0.1) is 14.2 Å². The van der Waals surface area contributed by atoms with Gasteiger partial charge in [-0.05, 0) is 56.5 Å². The molecule has 7 heteroatoms. The van der Waals surface area contributed by atoms with E-state index in [0.29, 0.717) is 30.2 Å². The monoisotopic (exact) mass is 461 g/mol. The second kappa shape index (κ2) is 10.5. The van der Waals surface area contributed by atoms with E-state index in [1.165, 1.54) is 7.11 Å². The highest BCUT2D eigenvalue weighted by Crippen LogP contribution is 2.28. The maximum Gasteiger partial charge on any atom is 0.270 e. The van der Waals surface area contributed by atoms with Gasteiger partial charge in [0.15, 0.2) is 11.5 Å². The standard InChI is InChI=1S/C27H31N3O4/c1-4-29-18-20(21-10-6-7-11-23(21)29)16-22(27(32)30-14-8-5-9-15-30)28-26(31)19-12-13-24(33-2)25(17-19)34-3/h6-7,10-13,16-18H,4-5,8-9,14-15H2,1-3H3,(H,28,31). The zero-order valence-electron chi connectivity index (χ0n) is 20.0. The van der Waals surface area contributed by atoms with E-state index in [9.17, 15) is 9.59 Å². The molecule has 2 amide bonds. The van der Waals surface area contributed by atoms with Gasteiger partial charge in [0, 0.05) is 47.9 Å². The minimum absolute atomic E-state index is 0.165. The highest BCUT2D eigenvalue weighted by Gasteiger charge is 2.23. The van der Waals surface area contributed by atoms with Crippen LogP contribution in [0.4, 0.5) is 0 Å². The lowest BCUT2D eigenvalue weighted by Gasteiger charge is -2.27. The van der Waals surface area contributed by atoms with Gasteiger partial charge >= 0.3 is 0 Å². The maximum atomic E-state index is 13.5. The Morgan fingerprint density at radius 3 is 2.44 bits per heavy atom. The van der Waals surface area contributed by atoms with Crippen LogP contribution in [-0.4, -0.2) is 48.6 Å². The van der Waals surface area contributed by atoms with Crippen LogP contribution in [0.25, 0.3) is 17.0 Å². The topological polar surface area (TPSA) is 72.8 Å². The second-order valence-corrected chi connectivity index (χ2v) is 8.32. The number of carbonyl (C=O) groups excluding carboxylic acids is 2. The Morgan fingerprint density at radius 2 is 1.74 bits per heavy atom. The van der Waals surface area contributed by atoms with Crippen molar-refractivity contribution in [1.82, 2.24) is 14.8 Å². The normalized spacial score (nSPS) is 14.2. The Hall–Kier alpha value is -3.74. The van der Waals surface area contributed by atoms with E-state index < -0.39 is 0 Å². The highest BCUT2D eigenvalue weighted by molar-refractivity contribution is 6.06. The number of ether oxygens (including phenoxy) is 2. The summed E-state index contributed by atoms with van der Waals surface area (Å²) >= 11 is 0. The van der Waals surface area contributed by atoms with Crippen LogP contribution in [0.15, 0.2) is 54.4 Å². The van der Waals surface area contributed by atoms with E-state index in [1.807, 2.05) is 29.3 Å². The summed E-state index contributed by atoms with van der Waals surface area (Å²) in [7, 11) is 3.07. The van der Waals surface area contributed by atoms with Crippen LogP contribution in [0.3, 0.4) is 0 Å². The van der Waals surface area contributed by atoms with Gasteiger partial charge in [-0.1, -0.05) is 18.2 Å². The van der Waals surface area contributed by atoms with E-state index in [2.05, 4.69) is 22.9 Å². The SMILES string of the molecule is CCn1cc(C=C(NC(=O)c2ccc(OC)c(OC)c2)C(=O)N2CCCCC2)c2ccccc21. The first-order valence-electron chi connectivity index (χ1n) is 11.7. The minimum Gasteiger partial charge on any atom is -0.493 e. The smallest absolute Gasteiger partial charge is 0.270 e. The first-order valence-corrected chi connectivity index (χ1v) is 11.7. The number of aromatic nitrogens is 1. The van der Waals surface area contributed by atoms with Crippen LogP contribution in [0.5, 0.6) is 11.5 Å². The Labute approximate surface area is 199 Å². The fraction of sp³-hybridized carbons (Fsp3) is 0.333. The van der Waals surface area contributed by atoms with Crippen molar-refractivity contribution >= 4 is 28.8 Å². The number of likely N-dealkylation sites (tertiary alicyclic amines) is 1. The number of hydrogen-bond acceptors (Lipinski definition) is 4. The van der Waals surface area contributed by atoms with E-state index in [-0.39, 0.29) is 17.5 Å². The molecule has 1 aromatic heterocycles. The van der Waals surface area contributed by atoms with E-state index >= 15 is 0 Å². The maximum absolute atomic E-state index is 13.5. The van der Waals surface area contributed by atoms with Gasteiger partial charge in [-0.3, -0.25) is 9.59 Å². The van der Waals surface area contributed by atoms with Crippen LogP contribution in [0.2, 0.25) is 0 Å².